The van der Waals surface area contributed by atoms with Crippen molar-refractivity contribution >= 4 is 11.9 Å². The molecule has 3 N–H and O–H groups in total. The van der Waals surface area contributed by atoms with Crippen molar-refractivity contribution in [2.24, 2.45) is 0 Å². The molecule has 0 amide bonds. The monoisotopic (exact) mass is 245 g/mol. The zero-order chi connectivity index (χ0) is 13.1. The van der Waals surface area contributed by atoms with Gasteiger partial charge in [-0.1, -0.05) is 45.4 Å². The Labute approximate surface area is 102 Å². The second-order valence-electron chi connectivity index (χ2n) is 4.22. The third-order valence-electron chi connectivity index (χ3n) is 2.64. The van der Waals surface area contributed by atoms with E-state index in [9.17, 15) is 9.59 Å². The van der Waals surface area contributed by atoms with Gasteiger partial charge in [-0.25, -0.2) is 0 Å². The molecule has 0 saturated carbocycles. The van der Waals surface area contributed by atoms with Crippen LogP contribution in [0.15, 0.2) is 0 Å². The molecule has 5 heteroatoms. The average Bonchev–Trinajstić information content (AvgIpc) is 2.26. The van der Waals surface area contributed by atoms with Gasteiger partial charge in [-0.05, 0) is 6.42 Å². The van der Waals surface area contributed by atoms with Gasteiger partial charge in [0.2, 0.25) is 0 Å². The first-order chi connectivity index (χ1) is 8.07. The van der Waals surface area contributed by atoms with Crippen LogP contribution in [0.25, 0.3) is 0 Å². The summed E-state index contributed by atoms with van der Waals surface area (Å²) < 4.78 is 0. The number of nitrogens with one attached hydrogen (secondary N) is 1. The third-order valence-corrected chi connectivity index (χ3v) is 2.64. The van der Waals surface area contributed by atoms with E-state index in [0.29, 0.717) is 6.42 Å². The fraction of sp³-hybridized carbons (Fsp3) is 0.833. The molecule has 0 aliphatic rings. The molecule has 0 spiro atoms. The van der Waals surface area contributed by atoms with E-state index in [2.05, 4.69) is 12.2 Å². The number of unbranched alkanes of at least 4 members (excludes halogenated alkanes) is 5. The van der Waals surface area contributed by atoms with Crippen LogP contribution in [0.1, 0.15) is 51.9 Å². The lowest BCUT2D eigenvalue weighted by Crippen LogP contribution is -2.39. The van der Waals surface area contributed by atoms with Crippen molar-refractivity contribution in [3.8, 4) is 0 Å². The smallest absolute Gasteiger partial charge is 0.320 e. The molecular formula is C12H23NO4. The van der Waals surface area contributed by atoms with E-state index in [1.165, 1.54) is 19.3 Å². The number of hydrogen-bond donors (Lipinski definition) is 3. The molecular weight excluding hydrogens is 222 g/mol. The maximum absolute atomic E-state index is 10.8. The molecule has 0 aliphatic carbocycles. The van der Waals surface area contributed by atoms with Gasteiger partial charge < -0.3 is 10.2 Å². The van der Waals surface area contributed by atoms with Gasteiger partial charge in [0.25, 0.3) is 0 Å². The maximum atomic E-state index is 10.8. The highest BCUT2D eigenvalue weighted by atomic mass is 16.4. The lowest BCUT2D eigenvalue weighted by Gasteiger charge is -2.12. The molecule has 1 atom stereocenters. The Morgan fingerprint density at radius 2 is 1.65 bits per heavy atom. The van der Waals surface area contributed by atoms with Gasteiger partial charge in [-0.2, -0.15) is 0 Å². The summed E-state index contributed by atoms with van der Waals surface area (Å²) >= 11 is 0. The van der Waals surface area contributed by atoms with E-state index < -0.39 is 18.0 Å². The Balaban J connectivity index is 3.63. The highest BCUT2D eigenvalue weighted by Crippen LogP contribution is 2.08. The number of carbonyl (C=O) groups is 2. The lowest BCUT2D eigenvalue weighted by molar-refractivity contribution is -0.140. The Bertz CT molecular complexity index is 231. The summed E-state index contributed by atoms with van der Waals surface area (Å²) in [6.07, 6.45) is 7.06. The van der Waals surface area contributed by atoms with Crippen molar-refractivity contribution in [3.05, 3.63) is 0 Å². The van der Waals surface area contributed by atoms with Crippen LogP contribution in [0.2, 0.25) is 0 Å². The summed E-state index contributed by atoms with van der Waals surface area (Å²) in [5.41, 5.74) is 0. The molecule has 0 aromatic rings. The number of aliphatic carboxylic acids is 2. The highest BCUT2D eigenvalue weighted by molar-refractivity contribution is 5.75. The van der Waals surface area contributed by atoms with Crippen molar-refractivity contribution in [3.63, 3.8) is 0 Å². The molecule has 0 aromatic heterocycles. The van der Waals surface area contributed by atoms with E-state index in [1.807, 2.05) is 0 Å². The molecule has 0 radical (unpaired) electrons. The standard InChI is InChI=1S/C12H23NO4/c1-2-3-4-5-6-7-8-10(12(16)17)13-9-11(14)15/h10,13H,2-9H2,1H3,(H,14,15)(H,16,17). The van der Waals surface area contributed by atoms with Crippen LogP contribution in [0, 0.1) is 0 Å². The van der Waals surface area contributed by atoms with Gasteiger partial charge in [0.1, 0.15) is 6.04 Å². The molecule has 0 heterocycles. The quantitative estimate of drug-likeness (QED) is 0.484. The Morgan fingerprint density at radius 3 is 2.18 bits per heavy atom. The fourth-order valence-corrected chi connectivity index (χ4v) is 1.65. The fourth-order valence-electron chi connectivity index (χ4n) is 1.65. The highest BCUT2D eigenvalue weighted by Gasteiger charge is 2.16. The van der Waals surface area contributed by atoms with Crippen LogP contribution < -0.4 is 5.32 Å². The number of rotatable bonds is 11. The molecule has 100 valence electrons. The van der Waals surface area contributed by atoms with Gasteiger partial charge in [0.05, 0.1) is 6.54 Å². The SMILES string of the molecule is CCCCCCCCC(NCC(=O)O)C(=O)O. The first-order valence-electron chi connectivity index (χ1n) is 6.26. The van der Waals surface area contributed by atoms with Crippen LogP contribution in [0.4, 0.5) is 0 Å². The van der Waals surface area contributed by atoms with Crippen LogP contribution in [-0.4, -0.2) is 34.7 Å². The average molecular weight is 245 g/mol. The molecule has 1 unspecified atom stereocenters. The first kappa shape index (κ1) is 15.9. The van der Waals surface area contributed by atoms with E-state index in [1.54, 1.807) is 0 Å². The summed E-state index contributed by atoms with van der Waals surface area (Å²) in [5, 5.41) is 19.9. The predicted molar refractivity (Wildman–Crippen MR) is 65.1 cm³/mol. The molecule has 0 bridgehead atoms. The summed E-state index contributed by atoms with van der Waals surface area (Å²) in [6.45, 7) is 1.85. The van der Waals surface area contributed by atoms with Crippen molar-refractivity contribution in [1.29, 1.82) is 0 Å². The maximum Gasteiger partial charge on any atom is 0.320 e. The normalized spacial score (nSPS) is 12.3. The summed E-state index contributed by atoms with van der Waals surface area (Å²) in [6, 6.07) is -0.739. The van der Waals surface area contributed by atoms with E-state index in [4.69, 9.17) is 10.2 Å². The van der Waals surface area contributed by atoms with Crippen LogP contribution in [-0.2, 0) is 9.59 Å². The van der Waals surface area contributed by atoms with Gasteiger partial charge in [0, 0.05) is 0 Å². The molecule has 5 nitrogen and oxygen atoms in total. The second-order valence-corrected chi connectivity index (χ2v) is 4.22. The van der Waals surface area contributed by atoms with Crippen molar-refractivity contribution < 1.29 is 19.8 Å². The van der Waals surface area contributed by atoms with Crippen molar-refractivity contribution in [2.75, 3.05) is 6.54 Å². The second kappa shape index (κ2) is 10.1. The third kappa shape index (κ3) is 9.81. The van der Waals surface area contributed by atoms with E-state index in [0.717, 1.165) is 19.3 Å². The Morgan fingerprint density at radius 1 is 1.06 bits per heavy atom. The minimum atomic E-state index is -1.03. The van der Waals surface area contributed by atoms with Gasteiger partial charge >= 0.3 is 11.9 Å². The van der Waals surface area contributed by atoms with E-state index >= 15 is 0 Å². The molecule has 17 heavy (non-hydrogen) atoms. The largest absolute Gasteiger partial charge is 0.480 e. The number of carboxylic acids is 2. The molecule has 0 aliphatic heterocycles. The van der Waals surface area contributed by atoms with Gasteiger partial charge in [0.15, 0.2) is 0 Å². The van der Waals surface area contributed by atoms with Crippen LogP contribution in [0.3, 0.4) is 0 Å². The lowest BCUT2D eigenvalue weighted by atomic mass is 10.1. The minimum absolute atomic E-state index is 0.299. The van der Waals surface area contributed by atoms with E-state index in [-0.39, 0.29) is 6.54 Å². The van der Waals surface area contributed by atoms with Crippen LogP contribution >= 0.6 is 0 Å². The minimum Gasteiger partial charge on any atom is -0.480 e. The number of carboxylic acid groups (broad SMARTS) is 2. The predicted octanol–water partition coefficient (Wildman–Crippen LogP) is 1.86. The zero-order valence-corrected chi connectivity index (χ0v) is 10.4. The zero-order valence-electron chi connectivity index (χ0n) is 10.4. The van der Waals surface area contributed by atoms with Crippen molar-refractivity contribution in [2.45, 2.75) is 57.9 Å². The molecule has 0 aromatic carbocycles. The van der Waals surface area contributed by atoms with Gasteiger partial charge in [-0.15, -0.1) is 0 Å². The Kier molecular flexibility index (Phi) is 9.43. The summed E-state index contributed by atoms with van der Waals surface area (Å²) in [7, 11) is 0. The van der Waals surface area contributed by atoms with Gasteiger partial charge in [-0.3, -0.25) is 14.9 Å². The first-order valence-corrected chi connectivity index (χ1v) is 6.26. The summed E-state index contributed by atoms with van der Waals surface area (Å²) in [5.74, 6) is -2.00. The van der Waals surface area contributed by atoms with Crippen LogP contribution in [0.5, 0.6) is 0 Å². The van der Waals surface area contributed by atoms with Crippen molar-refractivity contribution in [1.82, 2.24) is 5.32 Å². The molecule has 0 rings (SSSR count). The topological polar surface area (TPSA) is 86.6 Å². The molecule has 0 fully saturated rings. The molecule has 0 saturated heterocycles. The number of hydrogen-bond acceptors (Lipinski definition) is 3. The summed E-state index contributed by atoms with van der Waals surface area (Å²) in [4.78, 5) is 21.1. The Hall–Kier alpha value is -1.10.